The lowest BCUT2D eigenvalue weighted by Crippen LogP contribution is -2.29. The molecule has 136 valence electrons. The molecule has 0 saturated carbocycles. The van der Waals surface area contributed by atoms with Gasteiger partial charge in [-0.2, -0.15) is 0 Å². The minimum Gasteiger partial charge on any atom is -0.495 e. The molecule has 2 rings (SSSR count). The molecular formula is C19H17Cl2NO4. The Balaban J connectivity index is 1.95. The first kappa shape index (κ1) is 19.8. The molecule has 0 aliphatic heterocycles. The number of carbonyl (C=O) groups is 2. The minimum absolute atomic E-state index is 0.393. The number of anilines is 1. The first-order valence-electron chi connectivity index (χ1n) is 7.67. The largest absolute Gasteiger partial charge is 0.495 e. The van der Waals surface area contributed by atoms with Crippen molar-refractivity contribution < 1.29 is 19.1 Å². The zero-order valence-electron chi connectivity index (χ0n) is 14.2. The molecule has 0 unspecified atom stereocenters. The zero-order chi connectivity index (χ0) is 19.1. The van der Waals surface area contributed by atoms with E-state index in [0.717, 1.165) is 5.56 Å². The molecule has 0 fully saturated rings. The average molecular weight is 394 g/mol. The van der Waals surface area contributed by atoms with Crippen LogP contribution in [0, 0.1) is 0 Å². The number of nitrogens with one attached hydrogen (secondary N) is 1. The predicted molar refractivity (Wildman–Crippen MR) is 103 cm³/mol. The van der Waals surface area contributed by atoms with Crippen LogP contribution in [-0.2, 0) is 14.3 Å². The number of carbonyl (C=O) groups excluding carboxylic acids is 2. The molecule has 5 nitrogen and oxygen atoms in total. The molecule has 0 aromatic heterocycles. The van der Waals surface area contributed by atoms with E-state index in [1.54, 1.807) is 48.5 Å². The van der Waals surface area contributed by atoms with Crippen LogP contribution in [0.4, 0.5) is 5.69 Å². The lowest BCUT2D eigenvalue weighted by molar-refractivity contribution is -0.148. The average Bonchev–Trinajstić information content (AvgIpc) is 2.61. The van der Waals surface area contributed by atoms with Gasteiger partial charge in [-0.1, -0.05) is 35.3 Å². The fraction of sp³-hybridized carbons (Fsp3) is 0.158. The Morgan fingerprint density at radius 3 is 2.38 bits per heavy atom. The topological polar surface area (TPSA) is 64.6 Å². The number of benzene rings is 2. The third kappa shape index (κ3) is 5.79. The van der Waals surface area contributed by atoms with Crippen molar-refractivity contribution in [2.24, 2.45) is 0 Å². The van der Waals surface area contributed by atoms with Gasteiger partial charge in [0.1, 0.15) is 5.75 Å². The lowest BCUT2D eigenvalue weighted by Gasteiger charge is -2.14. The molecule has 1 atom stereocenters. The summed E-state index contributed by atoms with van der Waals surface area (Å²) in [6.45, 7) is 1.47. The molecule has 0 spiro atoms. The fourth-order valence-electron chi connectivity index (χ4n) is 2.02. The van der Waals surface area contributed by atoms with E-state index in [4.69, 9.17) is 32.7 Å². The summed E-state index contributed by atoms with van der Waals surface area (Å²) in [7, 11) is 1.48. The molecule has 0 heterocycles. The van der Waals surface area contributed by atoms with Crippen LogP contribution in [0.2, 0.25) is 10.0 Å². The van der Waals surface area contributed by atoms with Gasteiger partial charge in [-0.15, -0.1) is 0 Å². The number of amides is 1. The molecule has 1 N–H and O–H groups in total. The maximum Gasteiger partial charge on any atom is 0.331 e. The highest BCUT2D eigenvalue weighted by atomic mass is 35.5. The van der Waals surface area contributed by atoms with E-state index < -0.39 is 18.0 Å². The molecule has 0 bridgehead atoms. The number of hydrogen-bond donors (Lipinski definition) is 1. The fourth-order valence-corrected chi connectivity index (χ4v) is 2.32. The second kappa shape index (κ2) is 9.27. The van der Waals surface area contributed by atoms with Crippen LogP contribution in [0.25, 0.3) is 6.08 Å². The molecule has 2 aromatic carbocycles. The van der Waals surface area contributed by atoms with E-state index in [1.165, 1.54) is 20.1 Å². The van der Waals surface area contributed by atoms with Crippen molar-refractivity contribution in [3.05, 3.63) is 64.1 Å². The molecule has 26 heavy (non-hydrogen) atoms. The van der Waals surface area contributed by atoms with Crippen LogP contribution in [0.15, 0.2) is 48.5 Å². The summed E-state index contributed by atoms with van der Waals surface area (Å²) in [5.41, 5.74) is 1.18. The third-order valence-corrected chi connectivity index (χ3v) is 3.85. The van der Waals surface area contributed by atoms with Gasteiger partial charge in [0.05, 0.1) is 12.8 Å². The number of hydrogen-bond acceptors (Lipinski definition) is 4. The Labute approximate surface area is 161 Å². The van der Waals surface area contributed by atoms with Crippen LogP contribution < -0.4 is 10.1 Å². The number of esters is 1. The van der Waals surface area contributed by atoms with Gasteiger partial charge in [-0.05, 0) is 48.9 Å². The van der Waals surface area contributed by atoms with Crippen molar-refractivity contribution >= 4 is 46.8 Å². The highest BCUT2D eigenvalue weighted by Gasteiger charge is 2.18. The van der Waals surface area contributed by atoms with E-state index in [0.29, 0.717) is 21.5 Å². The van der Waals surface area contributed by atoms with Gasteiger partial charge in [-0.3, -0.25) is 4.79 Å². The van der Waals surface area contributed by atoms with Crippen LogP contribution in [-0.4, -0.2) is 25.1 Å². The number of halogens is 2. The van der Waals surface area contributed by atoms with Crippen molar-refractivity contribution in [2.75, 3.05) is 12.4 Å². The lowest BCUT2D eigenvalue weighted by atomic mass is 10.2. The summed E-state index contributed by atoms with van der Waals surface area (Å²) >= 11 is 11.7. The van der Waals surface area contributed by atoms with Gasteiger partial charge < -0.3 is 14.8 Å². The summed E-state index contributed by atoms with van der Waals surface area (Å²) in [5, 5.41) is 3.67. The van der Waals surface area contributed by atoms with Crippen LogP contribution in [0.5, 0.6) is 5.75 Å². The molecular weight excluding hydrogens is 377 g/mol. The molecule has 1 amide bonds. The quantitative estimate of drug-likeness (QED) is 0.575. The monoisotopic (exact) mass is 393 g/mol. The van der Waals surface area contributed by atoms with Gasteiger partial charge in [-0.25, -0.2) is 4.79 Å². The molecule has 0 aliphatic carbocycles. The van der Waals surface area contributed by atoms with E-state index in [-0.39, 0.29) is 0 Å². The van der Waals surface area contributed by atoms with Gasteiger partial charge in [0.15, 0.2) is 6.10 Å². The molecule has 0 saturated heterocycles. The summed E-state index contributed by atoms with van der Waals surface area (Å²) in [5.74, 6) is -0.691. The van der Waals surface area contributed by atoms with Crippen molar-refractivity contribution in [3.63, 3.8) is 0 Å². The normalized spacial score (nSPS) is 11.8. The standard InChI is InChI=1S/C19H17Cl2NO4/c1-12(19(24)22-16-11-15(21)8-9-17(16)25-2)26-18(23)10-5-13-3-6-14(20)7-4-13/h3-12H,1-2H3,(H,22,24)/b10-5+/t12-/m0/s1. The van der Waals surface area contributed by atoms with E-state index in [2.05, 4.69) is 5.32 Å². The highest BCUT2D eigenvalue weighted by molar-refractivity contribution is 6.31. The second-order valence-electron chi connectivity index (χ2n) is 5.30. The third-order valence-electron chi connectivity index (χ3n) is 3.36. The predicted octanol–water partition coefficient (Wildman–Crippen LogP) is 4.59. The van der Waals surface area contributed by atoms with Gasteiger partial charge in [0.2, 0.25) is 0 Å². The number of ether oxygens (including phenoxy) is 2. The molecule has 0 radical (unpaired) electrons. The summed E-state index contributed by atoms with van der Waals surface area (Å²) in [6.07, 6.45) is 1.82. The number of methoxy groups -OCH3 is 1. The Morgan fingerprint density at radius 2 is 1.73 bits per heavy atom. The van der Waals surface area contributed by atoms with Crippen LogP contribution in [0.3, 0.4) is 0 Å². The Bertz CT molecular complexity index is 819. The van der Waals surface area contributed by atoms with Crippen molar-refractivity contribution in [3.8, 4) is 5.75 Å². The van der Waals surface area contributed by atoms with E-state index in [1.807, 2.05) is 0 Å². The maximum absolute atomic E-state index is 12.2. The first-order valence-corrected chi connectivity index (χ1v) is 8.43. The summed E-state index contributed by atoms with van der Waals surface area (Å²) < 4.78 is 10.3. The highest BCUT2D eigenvalue weighted by Crippen LogP contribution is 2.27. The number of rotatable bonds is 6. The Hall–Kier alpha value is -2.50. The van der Waals surface area contributed by atoms with Crippen LogP contribution >= 0.6 is 23.2 Å². The summed E-state index contributed by atoms with van der Waals surface area (Å²) in [6, 6.07) is 11.8. The van der Waals surface area contributed by atoms with Gasteiger partial charge in [0.25, 0.3) is 5.91 Å². The molecule has 2 aromatic rings. The first-order chi connectivity index (χ1) is 12.4. The second-order valence-corrected chi connectivity index (χ2v) is 6.17. The van der Waals surface area contributed by atoms with Gasteiger partial charge >= 0.3 is 5.97 Å². The van der Waals surface area contributed by atoms with Crippen molar-refractivity contribution in [2.45, 2.75) is 13.0 Å². The SMILES string of the molecule is COc1ccc(Cl)cc1NC(=O)[C@H](C)OC(=O)/C=C/c1ccc(Cl)cc1. The van der Waals surface area contributed by atoms with Crippen molar-refractivity contribution in [1.29, 1.82) is 0 Å². The summed E-state index contributed by atoms with van der Waals surface area (Å²) in [4.78, 5) is 24.1. The van der Waals surface area contributed by atoms with Crippen molar-refractivity contribution in [1.82, 2.24) is 0 Å². The Morgan fingerprint density at radius 1 is 1.08 bits per heavy atom. The van der Waals surface area contributed by atoms with Gasteiger partial charge in [0, 0.05) is 16.1 Å². The smallest absolute Gasteiger partial charge is 0.331 e. The molecule has 0 aliphatic rings. The maximum atomic E-state index is 12.2. The Kier molecular flexibility index (Phi) is 7.06. The molecule has 7 heteroatoms. The van der Waals surface area contributed by atoms with E-state index >= 15 is 0 Å². The zero-order valence-corrected chi connectivity index (χ0v) is 15.7. The van der Waals surface area contributed by atoms with Crippen LogP contribution in [0.1, 0.15) is 12.5 Å². The van der Waals surface area contributed by atoms with E-state index in [9.17, 15) is 9.59 Å². The minimum atomic E-state index is -0.999.